The van der Waals surface area contributed by atoms with Crippen LogP contribution in [0.2, 0.25) is 5.15 Å². The number of nitrogens with one attached hydrogen (secondary N) is 1. The summed E-state index contributed by atoms with van der Waals surface area (Å²) < 4.78 is 1.81. The average Bonchev–Trinajstić information content (AvgIpc) is 2.65. The van der Waals surface area contributed by atoms with E-state index in [4.69, 9.17) is 11.6 Å². The topological polar surface area (TPSA) is 55.6 Å². The van der Waals surface area contributed by atoms with Gasteiger partial charge in [0.15, 0.2) is 0 Å². The molecule has 2 aromatic rings. The Morgan fingerprint density at radius 1 is 1.39 bits per heavy atom. The highest BCUT2D eigenvalue weighted by Crippen LogP contribution is 2.20. The van der Waals surface area contributed by atoms with Gasteiger partial charge in [-0.15, -0.1) is 0 Å². The standard InChI is InChI=1S/C12H16ClN5/c1-4-10-11(13)15-7-16-12(10)14-5-9-6-18(3)17-8(9)2/h6-7H,4-5H2,1-3H3,(H,14,15,16). The van der Waals surface area contributed by atoms with E-state index in [0.717, 1.165) is 29.1 Å². The van der Waals surface area contributed by atoms with E-state index in [2.05, 4.69) is 20.4 Å². The SMILES string of the molecule is CCc1c(Cl)ncnc1NCc1cn(C)nc1C. The molecule has 0 fully saturated rings. The third kappa shape index (κ3) is 2.61. The van der Waals surface area contributed by atoms with Crippen molar-refractivity contribution in [3.05, 3.63) is 34.5 Å². The van der Waals surface area contributed by atoms with Gasteiger partial charge in [-0.3, -0.25) is 4.68 Å². The van der Waals surface area contributed by atoms with Crippen molar-refractivity contribution in [3.63, 3.8) is 0 Å². The van der Waals surface area contributed by atoms with E-state index in [1.165, 1.54) is 6.33 Å². The Balaban J connectivity index is 2.15. The first kappa shape index (κ1) is 12.8. The van der Waals surface area contributed by atoms with Crippen molar-refractivity contribution in [2.45, 2.75) is 26.8 Å². The normalized spacial score (nSPS) is 10.7. The van der Waals surface area contributed by atoms with Crippen LogP contribution in [0.25, 0.3) is 0 Å². The van der Waals surface area contributed by atoms with Gasteiger partial charge in [-0.25, -0.2) is 9.97 Å². The van der Waals surface area contributed by atoms with E-state index in [9.17, 15) is 0 Å². The molecule has 2 aromatic heterocycles. The van der Waals surface area contributed by atoms with Crippen molar-refractivity contribution in [3.8, 4) is 0 Å². The zero-order valence-electron chi connectivity index (χ0n) is 10.7. The summed E-state index contributed by atoms with van der Waals surface area (Å²) in [6.45, 7) is 4.70. The van der Waals surface area contributed by atoms with Crippen LogP contribution in [0.3, 0.4) is 0 Å². The van der Waals surface area contributed by atoms with Gasteiger partial charge in [0.25, 0.3) is 0 Å². The van der Waals surface area contributed by atoms with Crippen molar-refractivity contribution in [2.75, 3.05) is 5.32 Å². The maximum Gasteiger partial charge on any atom is 0.137 e. The van der Waals surface area contributed by atoms with Crippen molar-refractivity contribution in [2.24, 2.45) is 7.05 Å². The smallest absolute Gasteiger partial charge is 0.137 e. The number of aromatic nitrogens is 4. The highest BCUT2D eigenvalue weighted by Gasteiger charge is 2.09. The van der Waals surface area contributed by atoms with E-state index in [1.54, 1.807) is 4.68 Å². The first-order valence-electron chi connectivity index (χ1n) is 5.84. The molecule has 0 aliphatic carbocycles. The Morgan fingerprint density at radius 3 is 2.78 bits per heavy atom. The lowest BCUT2D eigenvalue weighted by Gasteiger charge is -2.09. The summed E-state index contributed by atoms with van der Waals surface area (Å²) in [5.74, 6) is 0.792. The van der Waals surface area contributed by atoms with Gasteiger partial charge in [-0.2, -0.15) is 5.10 Å². The van der Waals surface area contributed by atoms with Gasteiger partial charge in [0.1, 0.15) is 17.3 Å². The van der Waals surface area contributed by atoms with E-state index in [-0.39, 0.29) is 0 Å². The minimum absolute atomic E-state index is 0.512. The fraction of sp³-hybridized carbons (Fsp3) is 0.417. The minimum Gasteiger partial charge on any atom is -0.365 e. The van der Waals surface area contributed by atoms with Crippen molar-refractivity contribution in [1.29, 1.82) is 0 Å². The van der Waals surface area contributed by atoms with E-state index < -0.39 is 0 Å². The van der Waals surface area contributed by atoms with Crippen LogP contribution in [0.4, 0.5) is 5.82 Å². The number of hydrogen-bond donors (Lipinski definition) is 1. The van der Waals surface area contributed by atoms with Gasteiger partial charge in [-0.05, 0) is 13.3 Å². The van der Waals surface area contributed by atoms with Gasteiger partial charge in [-0.1, -0.05) is 18.5 Å². The Labute approximate surface area is 111 Å². The molecule has 0 spiro atoms. The predicted molar refractivity (Wildman–Crippen MR) is 71.7 cm³/mol. The predicted octanol–water partition coefficient (Wildman–Crippen LogP) is 2.35. The number of hydrogen-bond acceptors (Lipinski definition) is 4. The second-order valence-electron chi connectivity index (χ2n) is 4.11. The molecule has 0 amide bonds. The van der Waals surface area contributed by atoms with E-state index >= 15 is 0 Å². The van der Waals surface area contributed by atoms with Crippen LogP contribution in [-0.2, 0) is 20.0 Å². The second kappa shape index (κ2) is 5.35. The summed E-state index contributed by atoms with van der Waals surface area (Å²) in [6, 6.07) is 0. The van der Waals surface area contributed by atoms with Gasteiger partial charge < -0.3 is 5.32 Å². The summed E-state index contributed by atoms with van der Waals surface area (Å²) in [5, 5.41) is 8.10. The van der Waals surface area contributed by atoms with Gasteiger partial charge in [0, 0.05) is 30.9 Å². The summed E-state index contributed by atoms with van der Waals surface area (Å²) in [6.07, 6.45) is 4.27. The third-order valence-electron chi connectivity index (χ3n) is 2.81. The van der Waals surface area contributed by atoms with Crippen LogP contribution in [0, 0.1) is 6.92 Å². The number of rotatable bonds is 4. The Bertz CT molecular complexity index is 549. The summed E-state index contributed by atoms with van der Waals surface area (Å²) in [7, 11) is 1.91. The molecule has 1 N–H and O–H groups in total. The number of halogens is 1. The summed E-state index contributed by atoms with van der Waals surface area (Å²) >= 11 is 6.04. The van der Waals surface area contributed by atoms with Crippen molar-refractivity contribution < 1.29 is 0 Å². The van der Waals surface area contributed by atoms with Crippen LogP contribution in [-0.4, -0.2) is 19.7 Å². The van der Waals surface area contributed by atoms with Crippen LogP contribution < -0.4 is 5.32 Å². The Morgan fingerprint density at radius 2 is 2.17 bits per heavy atom. The first-order chi connectivity index (χ1) is 8.61. The molecule has 0 bridgehead atoms. The minimum atomic E-state index is 0.512. The number of aryl methyl sites for hydroxylation is 2. The molecule has 18 heavy (non-hydrogen) atoms. The lowest BCUT2D eigenvalue weighted by Crippen LogP contribution is -2.06. The molecule has 0 saturated carbocycles. The molecule has 2 heterocycles. The van der Waals surface area contributed by atoms with Crippen LogP contribution in [0.1, 0.15) is 23.7 Å². The molecular weight excluding hydrogens is 250 g/mol. The highest BCUT2D eigenvalue weighted by atomic mass is 35.5. The molecule has 0 saturated heterocycles. The average molecular weight is 266 g/mol. The molecule has 0 aliphatic heterocycles. The van der Waals surface area contributed by atoms with Gasteiger partial charge >= 0.3 is 0 Å². The summed E-state index contributed by atoms with van der Waals surface area (Å²) in [5.41, 5.74) is 3.11. The molecule has 0 unspecified atom stereocenters. The van der Waals surface area contributed by atoms with Crippen LogP contribution in [0.15, 0.2) is 12.5 Å². The molecule has 5 nitrogen and oxygen atoms in total. The fourth-order valence-electron chi connectivity index (χ4n) is 1.86. The number of anilines is 1. The maximum absolute atomic E-state index is 6.04. The highest BCUT2D eigenvalue weighted by molar-refractivity contribution is 6.30. The largest absolute Gasteiger partial charge is 0.365 e. The second-order valence-corrected chi connectivity index (χ2v) is 4.47. The van der Waals surface area contributed by atoms with Crippen LogP contribution in [0.5, 0.6) is 0 Å². The van der Waals surface area contributed by atoms with Gasteiger partial charge in [0.2, 0.25) is 0 Å². The zero-order chi connectivity index (χ0) is 13.1. The molecule has 0 radical (unpaired) electrons. The van der Waals surface area contributed by atoms with Crippen LogP contribution >= 0.6 is 11.6 Å². The Hall–Kier alpha value is -1.62. The third-order valence-corrected chi connectivity index (χ3v) is 3.13. The maximum atomic E-state index is 6.04. The molecule has 0 aromatic carbocycles. The molecule has 96 valence electrons. The fourth-order valence-corrected chi connectivity index (χ4v) is 2.12. The molecule has 0 aliphatic rings. The summed E-state index contributed by atoms with van der Waals surface area (Å²) in [4.78, 5) is 8.21. The molecular formula is C12H16ClN5. The Kier molecular flexibility index (Phi) is 3.81. The van der Waals surface area contributed by atoms with Crippen molar-refractivity contribution in [1.82, 2.24) is 19.7 Å². The van der Waals surface area contributed by atoms with Crippen molar-refractivity contribution >= 4 is 17.4 Å². The molecule has 0 atom stereocenters. The molecule has 6 heteroatoms. The molecule has 2 rings (SSSR count). The van der Waals surface area contributed by atoms with E-state index in [1.807, 2.05) is 27.1 Å². The first-order valence-corrected chi connectivity index (χ1v) is 6.22. The monoisotopic (exact) mass is 265 g/mol. The lowest BCUT2D eigenvalue weighted by atomic mass is 10.2. The van der Waals surface area contributed by atoms with Gasteiger partial charge in [0.05, 0.1) is 5.69 Å². The number of nitrogens with zero attached hydrogens (tertiary/aromatic N) is 4. The quantitative estimate of drug-likeness (QED) is 0.862. The van der Waals surface area contributed by atoms with E-state index in [0.29, 0.717) is 11.7 Å². The zero-order valence-corrected chi connectivity index (χ0v) is 11.5. The lowest BCUT2D eigenvalue weighted by molar-refractivity contribution is 0.756.